The lowest BCUT2D eigenvalue weighted by molar-refractivity contribution is 0.182. The van der Waals surface area contributed by atoms with Crippen molar-refractivity contribution in [3.05, 3.63) is 17.5 Å². The van der Waals surface area contributed by atoms with Crippen LogP contribution in [-0.4, -0.2) is 40.0 Å². The van der Waals surface area contributed by atoms with Crippen molar-refractivity contribution in [3.8, 4) is 0 Å². The van der Waals surface area contributed by atoms with E-state index in [0.29, 0.717) is 12.1 Å². The number of nitrogens with one attached hydrogen (secondary N) is 1. The first kappa shape index (κ1) is 14.9. The molecule has 0 aliphatic heterocycles. The number of rotatable bonds is 6. The van der Waals surface area contributed by atoms with E-state index in [1.54, 1.807) is 0 Å². The smallest absolute Gasteiger partial charge is 0.223 e. The molecule has 102 valence electrons. The van der Waals surface area contributed by atoms with Gasteiger partial charge in [0.05, 0.1) is 0 Å². The highest BCUT2D eigenvalue weighted by Gasteiger charge is 2.12. The summed E-state index contributed by atoms with van der Waals surface area (Å²) in [6, 6.07) is 3.11. The molecule has 1 aromatic heterocycles. The molecule has 0 unspecified atom stereocenters. The van der Waals surface area contributed by atoms with Crippen LogP contribution in [-0.2, 0) is 0 Å². The van der Waals surface area contributed by atoms with Gasteiger partial charge >= 0.3 is 0 Å². The number of aryl methyl sites for hydroxylation is 2. The second kappa shape index (κ2) is 6.69. The monoisotopic (exact) mass is 250 g/mol. The highest BCUT2D eigenvalue weighted by molar-refractivity contribution is 5.27. The van der Waals surface area contributed by atoms with E-state index >= 15 is 0 Å². The molecule has 0 aromatic carbocycles. The van der Waals surface area contributed by atoms with Crippen LogP contribution in [0.1, 0.15) is 39.1 Å². The van der Waals surface area contributed by atoms with E-state index in [4.69, 9.17) is 0 Å². The van der Waals surface area contributed by atoms with Crippen LogP contribution >= 0.6 is 0 Å². The summed E-state index contributed by atoms with van der Waals surface area (Å²) in [5.74, 6) is 0.736. The number of hydrogen-bond acceptors (Lipinski definition) is 4. The normalized spacial score (nSPS) is 11.6. The van der Waals surface area contributed by atoms with Gasteiger partial charge in [-0.15, -0.1) is 0 Å². The highest BCUT2D eigenvalue weighted by atomic mass is 15.2. The van der Waals surface area contributed by atoms with E-state index in [0.717, 1.165) is 30.4 Å². The Kier molecular flexibility index (Phi) is 5.54. The molecule has 1 N–H and O–H groups in total. The maximum Gasteiger partial charge on any atom is 0.223 e. The van der Waals surface area contributed by atoms with Crippen molar-refractivity contribution in [3.63, 3.8) is 0 Å². The van der Waals surface area contributed by atoms with Crippen molar-refractivity contribution in [2.24, 2.45) is 0 Å². The predicted molar refractivity (Wildman–Crippen MR) is 77.0 cm³/mol. The van der Waals surface area contributed by atoms with E-state index in [1.165, 1.54) is 0 Å². The van der Waals surface area contributed by atoms with E-state index in [2.05, 4.69) is 47.9 Å². The summed E-state index contributed by atoms with van der Waals surface area (Å²) in [4.78, 5) is 11.2. The Labute approximate surface area is 111 Å². The molecule has 0 radical (unpaired) electrons. The Hall–Kier alpha value is -1.16. The van der Waals surface area contributed by atoms with Crippen molar-refractivity contribution in [1.29, 1.82) is 0 Å². The Morgan fingerprint density at radius 1 is 1.06 bits per heavy atom. The molecule has 1 rings (SSSR count). The summed E-state index contributed by atoms with van der Waals surface area (Å²) in [5, 5.41) is 3.30. The number of hydrogen-bond donors (Lipinski definition) is 1. The van der Waals surface area contributed by atoms with Gasteiger partial charge in [-0.25, -0.2) is 9.97 Å². The quantitative estimate of drug-likeness (QED) is 0.842. The molecular formula is C14H26N4. The molecule has 18 heavy (non-hydrogen) atoms. The molecule has 0 atom stereocenters. The topological polar surface area (TPSA) is 41.1 Å². The van der Waals surface area contributed by atoms with E-state index in [9.17, 15) is 0 Å². The van der Waals surface area contributed by atoms with Gasteiger partial charge in [0.15, 0.2) is 0 Å². The fourth-order valence-electron chi connectivity index (χ4n) is 2.21. The average molecular weight is 250 g/mol. The first-order chi connectivity index (χ1) is 8.40. The van der Waals surface area contributed by atoms with Gasteiger partial charge in [-0.2, -0.15) is 0 Å². The molecular weight excluding hydrogens is 224 g/mol. The maximum atomic E-state index is 4.38. The first-order valence-electron chi connectivity index (χ1n) is 6.72. The molecule has 0 aliphatic rings. The summed E-state index contributed by atoms with van der Waals surface area (Å²) >= 11 is 0. The average Bonchev–Trinajstić information content (AvgIpc) is 2.21. The Morgan fingerprint density at radius 3 is 2.00 bits per heavy atom. The fraction of sp³-hybridized carbons (Fsp3) is 0.714. The molecule has 1 aromatic rings. The zero-order valence-corrected chi connectivity index (χ0v) is 12.5. The summed E-state index contributed by atoms with van der Waals surface area (Å²) < 4.78 is 0. The summed E-state index contributed by atoms with van der Waals surface area (Å²) in [6.45, 7) is 14.8. The van der Waals surface area contributed by atoms with Crippen LogP contribution in [0.4, 0.5) is 5.95 Å². The van der Waals surface area contributed by atoms with Gasteiger partial charge in [0.2, 0.25) is 5.95 Å². The van der Waals surface area contributed by atoms with Crippen LogP contribution in [0, 0.1) is 13.8 Å². The molecule has 0 saturated carbocycles. The van der Waals surface area contributed by atoms with Gasteiger partial charge in [-0.05, 0) is 47.6 Å². The van der Waals surface area contributed by atoms with E-state index in [-0.39, 0.29) is 0 Å². The van der Waals surface area contributed by atoms with E-state index in [1.807, 2.05) is 19.9 Å². The van der Waals surface area contributed by atoms with Gasteiger partial charge in [0, 0.05) is 36.6 Å². The molecule has 0 spiro atoms. The largest absolute Gasteiger partial charge is 0.353 e. The second-order valence-corrected chi connectivity index (χ2v) is 5.33. The third-order valence-corrected chi connectivity index (χ3v) is 2.96. The molecule has 1 heterocycles. The van der Waals surface area contributed by atoms with E-state index < -0.39 is 0 Å². The minimum atomic E-state index is 0.562. The minimum Gasteiger partial charge on any atom is -0.353 e. The SMILES string of the molecule is Cc1cc(C)nc(NCCN(C(C)C)C(C)C)n1. The van der Waals surface area contributed by atoms with Crippen LogP contribution in [0.25, 0.3) is 0 Å². The zero-order chi connectivity index (χ0) is 13.7. The first-order valence-corrected chi connectivity index (χ1v) is 6.72. The van der Waals surface area contributed by atoms with Crippen molar-refractivity contribution in [2.75, 3.05) is 18.4 Å². The van der Waals surface area contributed by atoms with Gasteiger partial charge in [-0.3, -0.25) is 4.90 Å². The Bertz CT molecular complexity index is 346. The molecule has 0 saturated heterocycles. The fourth-order valence-corrected chi connectivity index (χ4v) is 2.21. The number of anilines is 1. The Balaban J connectivity index is 2.50. The van der Waals surface area contributed by atoms with Gasteiger partial charge < -0.3 is 5.32 Å². The minimum absolute atomic E-state index is 0.562. The zero-order valence-electron chi connectivity index (χ0n) is 12.5. The third-order valence-electron chi connectivity index (χ3n) is 2.96. The van der Waals surface area contributed by atoms with Crippen LogP contribution in [0.5, 0.6) is 0 Å². The standard InChI is InChI=1S/C14H26N4/c1-10(2)18(11(3)4)8-7-15-14-16-12(5)9-13(6)17-14/h9-11H,7-8H2,1-6H3,(H,15,16,17). The maximum absolute atomic E-state index is 4.38. The summed E-state index contributed by atoms with van der Waals surface area (Å²) in [6.07, 6.45) is 0. The lowest BCUT2D eigenvalue weighted by Gasteiger charge is -2.30. The lowest BCUT2D eigenvalue weighted by atomic mass is 10.2. The van der Waals surface area contributed by atoms with Crippen LogP contribution in [0.15, 0.2) is 6.07 Å². The molecule has 4 heteroatoms. The molecule has 0 fully saturated rings. The van der Waals surface area contributed by atoms with Crippen LogP contribution in [0.2, 0.25) is 0 Å². The van der Waals surface area contributed by atoms with Crippen molar-refractivity contribution >= 4 is 5.95 Å². The molecule has 0 bridgehead atoms. The number of aromatic nitrogens is 2. The Morgan fingerprint density at radius 2 is 1.56 bits per heavy atom. The second-order valence-electron chi connectivity index (χ2n) is 5.33. The predicted octanol–water partition coefficient (Wildman–Crippen LogP) is 2.62. The lowest BCUT2D eigenvalue weighted by Crippen LogP contribution is -2.40. The van der Waals surface area contributed by atoms with Crippen molar-refractivity contribution in [2.45, 2.75) is 53.6 Å². The van der Waals surface area contributed by atoms with Gasteiger partial charge in [-0.1, -0.05) is 0 Å². The van der Waals surface area contributed by atoms with Crippen LogP contribution in [0.3, 0.4) is 0 Å². The third kappa shape index (κ3) is 4.61. The number of nitrogens with zero attached hydrogens (tertiary/aromatic N) is 3. The van der Waals surface area contributed by atoms with Crippen molar-refractivity contribution < 1.29 is 0 Å². The van der Waals surface area contributed by atoms with Gasteiger partial charge in [0.25, 0.3) is 0 Å². The highest BCUT2D eigenvalue weighted by Crippen LogP contribution is 2.06. The van der Waals surface area contributed by atoms with Crippen LogP contribution < -0.4 is 5.32 Å². The molecule has 0 amide bonds. The van der Waals surface area contributed by atoms with Crippen molar-refractivity contribution in [1.82, 2.24) is 14.9 Å². The van der Waals surface area contributed by atoms with Gasteiger partial charge in [0.1, 0.15) is 0 Å². The summed E-state index contributed by atoms with van der Waals surface area (Å²) in [5.41, 5.74) is 2.02. The molecule has 0 aliphatic carbocycles. The summed E-state index contributed by atoms with van der Waals surface area (Å²) in [7, 11) is 0. The molecule has 4 nitrogen and oxygen atoms in total.